The van der Waals surface area contributed by atoms with Crippen molar-refractivity contribution in [3.05, 3.63) is 30.3 Å². The molecule has 11 nitrogen and oxygen atoms in total. The molecule has 0 radical (unpaired) electrons. The zero-order chi connectivity index (χ0) is 18.1. The van der Waals surface area contributed by atoms with Crippen molar-refractivity contribution in [2.45, 2.75) is 30.4 Å². The molecule has 1 heterocycles. The first kappa shape index (κ1) is 18.8. The highest BCUT2D eigenvalue weighted by Gasteiger charge is 2.52. The van der Waals surface area contributed by atoms with Gasteiger partial charge in [-0.15, -0.1) is 0 Å². The first-order valence-corrected chi connectivity index (χ1v) is 8.36. The van der Waals surface area contributed by atoms with Crippen LogP contribution >= 0.6 is 7.60 Å². The molecule has 1 aromatic rings. The number of aliphatic hydroxyl groups is 3. The molecule has 1 amide bonds. The summed E-state index contributed by atoms with van der Waals surface area (Å²) in [7, 11) is -5.00. The fourth-order valence-corrected chi connectivity index (χ4v) is 2.91. The fraction of sp³-hybridized carbons (Fsp3) is 0.417. The lowest BCUT2D eigenvalue weighted by Crippen LogP contribution is -2.59. The lowest BCUT2D eigenvalue weighted by atomic mass is 10.1. The number of amides is 1. The van der Waals surface area contributed by atoms with Crippen molar-refractivity contribution in [3.8, 4) is 0 Å². The molecule has 0 aliphatic carbocycles. The molecule has 1 aromatic carbocycles. The molecule has 134 valence electrons. The van der Waals surface area contributed by atoms with Gasteiger partial charge in [0.1, 0.15) is 18.3 Å². The highest BCUT2D eigenvalue weighted by molar-refractivity contribution is 7.52. The number of carbonyl (C=O) groups excluding carboxylic acids is 1. The van der Waals surface area contributed by atoms with Crippen LogP contribution in [0.4, 0.5) is 10.5 Å². The number of para-hydroxylation sites is 1. The Morgan fingerprint density at radius 2 is 1.71 bits per heavy atom. The molecule has 1 aliphatic heterocycles. The summed E-state index contributed by atoms with van der Waals surface area (Å²) in [4.78, 5) is 30.2. The topological polar surface area (TPSA) is 183 Å². The quantitative estimate of drug-likeness (QED) is 0.159. The van der Waals surface area contributed by atoms with Gasteiger partial charge in [-0.3, -0.25) is 4.57 Å². The number of carbonyl (C=O) groups is 1. The molecule has 2 rings (SSSR count). The summed E-state index contributed by atoms with van der Waals surface area (Å²) in [6.07, 6.45) is -9.16. The largest absolute Gasteiger partial charge is 0.431 e. The Bertz CT molecular complexity index is 624. The van der Waals surface area contributed by atoms with Crippen LogP contribution in [0.2, 0.25) is 0 Å². The molecule has 7 N–H and O–H groups in total. The zero-order valence-corrected chi connectivity index (χ0v) is 13.0. The molecule has 5 atom stereocenters. The average Bonchev–Trinajstić information content (AvgIpc) is 2.54. The predicted octanol–water partition coefficient (Wildman–Crippen LogP) is -1.55. The Morgan fingerprint density at radius 3 is 2.25 bits per heavy atom. The number of hydrogen-bond acceptors (Lipinski definition) is 8. The smallest absolute Gasteiger partial charge is 0.415 e. The molecule has 0 saturated carbocycles. The molecular weight excluding hydrogens is 347 g/mol. The van der Waals surface area contributed by atoms with E-state index in [2.05, 4.69) is 0 Å². The normalized spacial score (nSPS) is 30.7. The third-order valence-corrected chi connectivity index (χ3v) is 4.41. The number of hydrogen-bond donors (Lipinski definition) is 6. The first-order valence-electron chi connectivity index (χ1n) is 6.68. The monoisotopic (exact) mass is 364 g/mol. The second-order valence-electron chi connectivity index (χ2n) is 5.05. The van der Waals surface area contributed by atoms with Gasteiger partial charge in [-0.2, -0.15) is 0 Å². The van der Waals surface area contributed by atoms with Crippen LogP contribution in [-0.4, -0.2) is 61.6 Å². The number of benzene rings is 1. The van der Waals surface area contributed by atoms with Crippen LogP contribution in [0.3, 0.4) is 0 Å². The van der Waals surface area contributed by atoms with E-state index in [0.717, 1.165) is 0 Å². The second-order valence-corrected chi connectivity index (χ2v) is 6.73. The van der Waals surface area contributed by atoms with Crippen LogP contribution in [-0.2, 0) is 14.0 Å². The van der Waals surface area contributed by atoms with E-state index in [1.54, 1.807) is 18.2 Å². The number of nitrogens with zero attached hydrogens (tertiary/aromatic N) is 1. The first-order chi connectivity index (χ1) is 11.1. The van der Waals surface area contributed by atoms with Crippen molar-refractivity contribution in [3.63, 3.8) is 0 Å². The van der Waals surface area contributed by atoms with Crippen LogP contribution in [0.25, 0.3) is 0 Å². The third-order valence-electron chi connectivity index (χ3n) is 3.32. The van der Waals surface area contributed by atoms with Gasteiger partial charge in [0.2, 0.25) is 6.29 Å². The van der Waals surface area contributed by atoms with Crippen molar-refractivity contribution in [1.29, 1.82) is 0 Å². The average molecular weight is 364 g/mol. The van der Waals surface area contributed by atoms with Gasteiger partial charge in [-0.1, -0.05) is 18.2 Å². The predicted molar refractivity (Wildman–Crippen MR) is 78.3 cm³/mol. The van der Waals surface area contributed by atoms with Gasteiger partial charge in [-0.05, 0) is 12.1 Å². The third kappa shape index (κ3) is 3.91. The fourth-order valence-electron chi connectivity index (χ4n) is 2.06. The van der Waals surface area contributed by atoms with Gasteiger partial charge in [0.25, 0.3) is 0 Å². The Balaban J connectivity index is 2.12. The highest BCUT2D eigenvalue weighted by Crippen LogP contribution is 2.47. The summed E-state index contributed by atoms with van der Waals surface area (Å²) in [6, 6.07) is 7.84. The van der Waals surface area contributed by atoms with E-state index in [0.29, 0.717) is 5.01 Å². The Hall–Kier alpha value is -1.56. The van der Waals surface area contributed by atoms with Crippen molar-refractivity contribution in [2.24, 2.45) is 5.84 Å². The van der Waals surface area contributed by atoms with Crippen LogP contribution in [0.5, 0.6) is 0 Å². The number of ether oxygens (including phenoxy) is 2. The van der Waals surface area contributed by atoms with Crippen LogP contribution in [0.15, 0.2) is 30.3 Å². The van der Waals surface area contributed by atoms with Gasteiger partial charge >= 0.3 is 13.7 Å². The summed E-state index contributed by atoms with van der Waals surface area (Å²) in [6.45, 7) is 0. The van der Waals surface area contributed by atoms with E-state index in [1.807, 2.05) is 0 Å². The molecule has 1 unspecified atom stereocenters. The summed E-state index contributed by atoms with van der Waals surface area (Å²) < 4.78 is 20.8. The molecule has 1 aliphatic rings. The minimum Gasteiger partial charge on any atom is -0.415 e. The maximum absolute atomic E-state index is 12.0. The standard InChI is InChI=1S/C12H17N2O9P/c13-14(6-4-2-1-3-5-6)12(18)23-10-8(16)7(15)9(17)11(22-10)24(19,20)21/h1-5,7-11,15-17H,13H2,(H2,19,20,21)/t7-,8-,9+,10?,11-/m1/s1. The molecule has 12 heteroatoms. The lowest BCUT2D eigenvalue weighted by Gasteiger charge is -2.39. The van der Waals surface area contributed by atoms with E-state index in [1.165, 1.54) is 12.1 Å². The maximum Gasteiger partial charge on any atom is 0.431 e. The molecule has 1 saturated heterocycles. The van der Waals surface area contributed by atoms with Gasteiger partial charge < -0.3 is 34.6 Å². The summed E-state index contributed by atoms with van der Waals surface area (Å²) in [5.41, 5.74) is 0.236. The molecule has 0 aromatic heterocycles. The lowest BCUT2D eigenvalue weighted by molar-refractivity contribution is -0.264. The van der Waals surface area contributed by atoms with Gasteiger partial charge in [-0.25, -0.2) is 15.6 Å². The van der Waals surface area contributed by atoms with Crippen molar-refractivity contribution < 1.29 is 43.9 Å². The molecule has 0 bridgehead atoms. The van der Waals surface area contributed by atoms with Gasteiger partial charge in [0.05, 0.1) is 5.69 Å². The van der Waals surface area contributed by atoms with Crippen LogP contribution in [0, 0.1) is 0 Å². The van der Waals surface area contributed by atoms with E-state index >= 15 is 0 Å². The molecule has 24 heavy (non-hydrogen) atoms. The Morgan fingerprint density at radius 1 is 1.12 bits per heavy atom. The summed E-state index contributed by atoms with van der Waals surface area (Å²) in [5, 5.41) is 29.6. The van der Waals surface area contributed by atoms with E-state index in [9.17, 15) is 24.7 Å². The van der Waals surface area contributed by atoms with Crippen molar-refractivity contribution in [2.75, 3.05) is 5.01 Å². The minimum absolute atomic E-state index is 0.236. The van der Waals surface area contributed by atoms with Crippen LogP contribution < -0.4 is 10.9 Å². The van der Waals surface area contributed by atoms with Gasteiger partial charge in [0.15, 0.2) is 5.85 Å². The van der Waals surface area contributed by atoms with E-state index in [4.69, 9.17) is 25.1 Å². The SMILES string of the molecule is NN(C(=O)OC1O[C@H](P(=O)(O)O)[C@@H](O)[C@H](O)[C@H]1O)c1ccccc1. The number of aliphatic hydroxyl groups excluding tert-OH is 3. The second kappa shape index (κ2) is 7.13. The molecule has 1 fully saturated rings. The summed E-state index contributed by atoms with van der Waals surface area (Å²) in [5.74, 6) is 3.37. The minimum atomic E-state index is -5.00. The highest BCUT2D eigenvalue weighted by atomic mass is 31.2. The van der Waals surface area contributed by atoms with Crippen molar-refractivity contribution in [1.82, 2.24) is 0 Å². The molecule has 0 spiro atoms. The maximum atomic E-state index is 12.0. The van der Waals surface area contributed by atoms with Gasteiger partial charge in [0, 0.05) is 0 Å². The van der Waals surface area contributed by atoms with E-state index < -0.39 is 44.1 Å². The molecular formula is C12H17N2O9P. The Labute approximate surface area is 136 Å². The van der Waals surface area contributed by atoms with E-state index in [-0.39, 0.29) is 5.69 Å². The number of anilines is 1. The van der Waals surface area contributed by atoms with Crippen molar-refractivity contribution >= 4 is 19.4 Å². The summed E-state index contributed by atoms with van der Waals surface area (Å²) >= 11 is 0. The van der Waals surface area contributed by atoms with Crippen LogP contribution in [0.1, 0.15) is 0 Å². The number of hydrazine groups is 1. The number of nitrogens with two attached hydrogens (primary N) is 1. The Kier molecular flexibility index (Phi) is 5.58. The number of rotatable bonds is 3. The zero-order valence-electron chi connectivity index (χ0n) is 12.1.